The van der Waals surface area contributed by atoms with Crippen molar-refractivity contribution in [1.29, 1.82) is 0 Å². The molecule has 0 aliphatic heterocycles. The molecule has 0 spiro atoms. The van der Waals surface area contributed by atoms with Gasteiger partial charge in [0, 0.05) is 0 Å². The molecule has 52 valence electrons. The van der Waals surface area contributed by atoms with E-state index < -0.39 is 12.0 Å². The summed E-state index contributed by atoms with van der Waals surface area (Å²) in [7, 11) is 0. The molecule has 0 aliphatic carbocycles. The topological polar surface area (TPSA) is 75.7 Å². The van der Waals surface area contributed by atoms with Crippen molar-refractivity contribution in [3.63, 3.8) is 0 Å². The van der Waals surface area contributed by atoms with Crippen LogP contribution in [0.15, 0.2) is 4.99 Å². The maximum Gasteiger partial charge on any atom is 0.328 e. The van der Waals surface area contributed by atoms with Gasteiger partial charge in [-0.3, -0.25) is 4.99 Å². The monoisotopic (exact) mass is 130 g/mol. The Morgan fingerprint density at radius 3 is 2.33 bits per heavy atom. The summed E-state index contributed by atoms with van der Waals surface area (Å²) in [5, 5.41) is 8.27. The zero-order valence-electron chi connectivity index (χ0n) is 5.46. The van der Waals surface area contributed by atoms with Crippen molar-refractivity contribution in [1.82, 2.24) is 0 Å². The van der Waals surface area contributed by atoms with Gasteiger partial charge in [-0.15, -0.1) is 0 Å². The van der Waals surface area contributed by atoms with Gasteiger partial charge < -0.3 is 10.8 Å². The van der Waals surface area contributed by atoms with E-state index in [4.69, 9.17) is 10.8 Å². The number of rotatable bonds is 2. The fourth-order valence-electron chi connectivity index (χ4n) is 0.361. The van der Waals surface area contributed by atoms with Crippen molar-refractivity contribution in [2.24, 2.45) is 10.7 Å². The summed E-state index contributed by atoms with van der Waals surface area (Å²) in [4.78, 5) is 13.6. The normalized spacial score (nSPS) is 15.1. The summed E-state index contributed by atoms with van der Waals surface area (Å²) in [5.74, 6) is -0.662. The molecule has 0 radical (unpaired) electrons. The number of hydrogen-bond acceptors (Lipinski definition) is 2. The molecule has 0 fully saturated rings. The van der Waals surface area contributed by atoms with Crippen molar-refractivity contribution < 1.29 is 9.90 Å². The average molecular weight is 130 g/mol. The van der Waals surface area contributed by atoms with Crippen LogP contribution in [-0.4, -0.2) is 23.0 Å². The zero-order valence-corrected chi connectivity index (χ0v) is 5.46. The van der Waals surface area contributed by atoms with Crippen molar-refractivity contribution in [3.05, 3.63) is 0 Å². The summed E-state index contributed by atoms with van der Waals surface area (Å²) in [5.41, 5.74) is 5.12. The Morgan fingerprint density at radius 2 is 2.22 bits per heavy atom. The number of aliphatic imine (C=N–C) groups is 1. The molecule has 4 heteroatoms. The van der Waals surface area contributed by atoms with Crippen molar-refractivity contribution >= 4 is 11.8 Å². The minimum atomic E-state index is -0.959. The molecule has 0 saturated heterocycles. The molecule has 9 heavy (non-hydrogen) atoms. The first-order valence-corrected chi connectivity index (χ1v) is 2.56. The molecule has 0 bridgehead atoms. The zero-order chi connectivity index (χ0) is 7.44. The Bertz CT molecular complexity index is 138. The number of carbonyl (C=O) groups is 1. The maximum absolute atomic E-state index is 10.1. The number of amidine groups is 1. The maximum atomic E-state index is 10.1. The fourth-order valence-corrected chi connectivity index (χ4v) is 0.361. The molecule has 0 unspecified atom stereocenters. The quantitative estimate of drug-likeness (QED) is 0.402. The summed E-state index contributed by atoms with van der Waals surface area (Å²) in [6.07, 6.45) is 0. The molecule has 0 saturated carbocycles. The number of carboxylic acids is 1. The summed E-state index contributed by atoms with van der Waals surface area (Å²) in [6.45, 7) is 3.03. The lowest BCUT2D eigenvalue weighted by Crippen LogP contribution is -2.18. The second-order valence-electron chi connectivity index (χ2n) is 1.78. The average Bonchev–Trinajstić information content (AvgIpc) is 1.63. The van der Waals surface area contributed by atoms with Gasteiger partial charge in [0.25, 0.3) is 0 Å². The van der Waals surface area contributed by atoms with E-state index in [1.54, 1.807) is 6.92 Å². The summed E-state index contributed by atoms with van der Waals surface area (Å²) < 4.78 is 0. The molecule has 1 atom stereocenters. The van der Waals surface area contributed by atoms with Gasteiger partial charge in [-0.1, -0.05) is 0 Å². The van der Waals surface area contributed by atoms with Gasteiger partial charge in [-0.2, -0.15) is 0 Å². The molecular formula is C5H10N2O2. The van der Waals surface area contributed by atoms with Crippen LogP contribution in [0.5, 0.6) is 0 Å². The van der Waals surface area contributed by atoms with Crippen molar-refractivity contribution in [3.8, 4) is 0 Å². The first kappa shape index (κ1) is 7.94. The molecule has 4 nitrogen and oxygen atoms in total. The molecule has 0 rings (SSSR count). The largest absolute Gasteiger partial charge is 0.480 e. The van der Waals surface area contributed by atoms with Gasteiger partial charge in [0.1, 0.15) is 6.04 Å². The first-order valence-electron chi connectivity index (χ1n) is 2.56. The molecule has 0 aromatic rings. The van der Waals surface area contributed by atoms with Gasteiger partial charge in [0.05, 0.1) is 5.84 Å². The minimum absolute atomic E-state index is 0.296. The van der Waals surface area contributed by atoms with Crippen LogP contribution in [0.3, 0.4) is 0 Å². The third kappa shape index (κ3) is 3.52. The Balaban J connectivity index is 3.91. The van der Waals surface area contributed by atoms with Crippen LogP contribution in [0.2, 0.25) is 0 Å². The molecule has 0 heterocycles. The first-order chi connectivity index (χ1) is 4.04. The van der Waals surface area contributed by atoms with Crippen LogP contribution in [0.25, 0.3) is 0 Å². The second-order valence-corrected chi connectivity index (χ2v) is 1.78. The second kappa shape index (κ2) is 3.06. The third-order valence-electron chi connectivity index (χ3n) is 0.755. The predicted molar refractivity (Wildman–Crippen MR) is 34.4 cm³/mol. The van der Waals surface area contributed by atoms with Crippen LogP contribution in [0.4, 0.5) is 0 Å². The highest BCUT2D eigenvalue weighted by atomic mass is 16.4. The van der Waals surface area contributed by atoms with Gasteiger partial charge in [0.15, 0.2) is 0 Å². The van der Waals surface area contributed by atoms with Gasteiger partial charge in [-0.05, 0) is 13.8 Å². The van der Waals surface area contributed by atoms with Crippen molar-refractivity contribution in [2.75, 3.05) is 0 Å². The SMILES string of the molecule is CC(N)=N[C@@H](C)C(=O)O. The lowest BCUT2D eigenvalue weighted by molar-refractivity contribution is -0.137. The summed E-state index contributed by atoms with van der Waals surface area (Å²) in [6, 6.07) is -0.727. The highest BCUT2D eigenvalue weighted by Crippen LogP contribution is 1.87. The van der Waals surface area contributed by atoms with Crippen LogP contribution in [-0.2, 0) is 4.79 Å². The van der Waals surface area contributed by atoms with Crippen LogP contribution < -0.4 is 5.73 Å². The van der Waals surface area contributed by atoms with Crippen LogP contribution in [0.1, 0.15) is 13.8 Å². The van der Waals surface area contributed by atoms with E-state index in [1.165, 1.54) is 6.92 Å². The molecular weight excluding hydrogens is 120 g/mol. The standard InChI is InChI=1S/C5H10N2O2/c1-3(5(8)9)7-4(2)6/h3H,1-2H3,(H2,6,7)(H,8,9)/t3-/m0/s1. The van der Waals surface area contributed by atoms with E-state index in [0.29, 0.717) is 5.84 Å². The molecule has 0 amide bonds. The predicted octanol–water partition coefficient (Wildman–Crippen LogP) is -0.163. The lowest BCUT2D eigenvalue weighted by atomic mass is 10.4. The van der Waals surface area contributed by atoms with Crippen molar-refractivity contribution in [2.45, 2.75) is 19.9 Å². The van der Waals surface area contributed by atoms with Crippen LogP contribution >= 0.6 is 0 Å². The lowest BCUT2D eigenvalue weighted by Gasteiger charge is -1.97. The summed E-state index contributed by atoms with van der Waals surface area (Å²) >= 11 is 0. The van der Waals surface area contributed by atoms with E-state index in [9.17, 15) is 4.79 Å². The van der Waals surface area contributed by atoms with E-state index in [-0.39, 0.29) is 0 Å². The number of nitrogens with two attached hydrogens (primary N) is 1. The third-order valence-corrected chi connectivity index (χ3v) is 0.755. The Morgan fingerprint density at radius 1 is 1.78 bits per heavy atom. The number of carboxylic acid groups (broad SMARTS) is 1. The molecule has 0 aromatic carbocycles. The van der Waals surface area contributed by atoms with Gasteiger partial charge in [0.2, 0.25) is 0 Å². The smallest absolute Gasteiger partial charge is 0.328 e. The minimum Gasteiger partial charge on any atom is -0.480 e. The van der Waals surface area contributed by atoms with E-state index >= 15 is 0 Å². The molecule has 3 N–H and O–H groups in total. The molecule has 0 aromatic heterocycles. The number of aliphatic carboxylic acids is 1. The number of hydrogen-bond donors (Lipinski definition) is 2. The highest BCUT2D eigenvalue weighted by molar-refractivity contribution is 5.82. The van der Waals surface area contributed by atoms with Crippen LogP contribution in [0, 0.1) is 0 Å². The van der Waals surface area contributed by atoms with E-state index in [0.717, 1.165) is 0 Å². The molecule has 0 aliphatic rings. The Labute approximate surface area is 53.4 Å². The fraction of sp³-hybridized carbons (Fsp3) is 0.600. The highest BCUT2D eigenvalue weighted by Gasteiger charge is 2.06. The number of nitrogens with zero attached hydrogens (tertiary/aromatic N) is 1. The van der Waals surface area contributed by atoms with Gasteiger partial charge in [-0.25, -0.2) is 4.79 Å². The van der Waals surface area contributed by atoms with E-state index in [1.807, 2.05) is 0 Å². The van der Waals surface area contributed by atoms with Gasteiger partial charge >= 0.3 is 5.97 Å². The Hall–Kier alpha value is -1.06. The van der Waals surface area contributed by atoms with E-state index in [2.05, 4.69) is 4.99 Å². The Kier molecular flexibility index (Phi) is 2.70.